The third kappa shape index (κ3) is 3.87. The Morgan fingerprint density at radius 1 is 1.43 bits per heavy atom. The molecule has 10 nitrogen and oxygen atoms in total. The fourth-order valence-electron chi connectivity index (χ4n) is 2.14. The molecule has 0 saturated carbocycles. The highest BCUT2D eigenvalue weighted by Gasteiger charge is 2.53. The maximum atomic E-state index is 11.1. The number of carboxylic acids is 1. The van der Waals surface area contributed by atoms with E-state index in [0.29, 0.717) is 0 Å². The van der Waals surface area contributed by atoms with Crippen LogP contribution in [-0.2, 0) is 14.3 Å². The Morgan fingerprint density at radius 2 is 2.00 bits per heavy atom. The number of aliphatic hydroxyl groups excluding tert-OH is 4. The summed E-state index contributed by atoms with van der Waals surface area (Å²) in [5, 5.41) is 59.0. The van der Waals surface area contributed by atoms with E-state index < -0.39 is 61.1 Å². The van der Waals surface area contributed by atoms with E-state index in [1.165, 1.54) is 0 Å². The fourth-order valence-corrected chi connectivity index (χ4v) is 2.14. The van der Waals surface area contributed by atoms with Gasteiger partial charge in [0.05, 0.1) is 18.8 Å². The van der Waals surface area contributed by atoms with Crippen molar-refractivity contribution < 1.29 is 45.0 Å². The van der Waals surface area contributed by atoms with E-state index in [-0.39, 0.29) is 0 Å². The van der Waals surface area contributed by atoms with E-state index in [2.05, 4.69) is 5.32 Å². The highest BCUT2D eigenvalue weighted by Crippen LogP contribution is 2.30. The van der Waals surface area contributed by atoms with Crippen molar-refractivity contribution in [2.24, 2.45) is 0 Å². The first kappa shape index (κ1) is 17.8. The molecule has 7 N–H and O–H groups in total. The zero-order valence-electron chi connectivity index (χ0n) is 11.2. The number of aliphatic hydroxyl groups is 5. The highest BCUT2D eigenvalue weighted by molar-refractivity contribution is 5.76. The predicted octanol–water partition coefficient (Wildman–Crippen LogP) is -3.87. The second-order valence-electron chi connectivity index (χ2n) is 4.91. The quantitative estimate of drug-likeness (QED) is 0.268. The average molecular weight is 309 g/mol. The van der Waals surface area contributed by atoms with Gasteiger partial charge in [0.1, 0.15) is 18.3 Å². The van der Waals surface area contributed by atoms with Crippen LogP contribution in [0, 0.1) is 0 Å². The Bertz CT molecular complexity index is 403. The lowest BCUT2D eigenvalue weighted by molar-refractivity contribution is -0.295. The number of ether oxygens (including phenoxy) is 1. The molecule has 0 aromatic heterocycles. The van der Waals surface area contributed by atoms with Crippen LogP contribution in [0.25, 0.3) is 0 Å². The van der Waals surface area contributed by atoms with Crippen LogP contribution in [0.1, 0.15) is 13.3 Å². The molecule has 122 valence electrons. The average Bonchev–Trinajstić information content (AvgIpc) is 2.39. The van der Waals surface area contributed by atoms with Crippen LogP contribution in [-0.4, -0.2) is 85.4 Å². The summed E-state index contributed by atoms with van der Waals surface area (Å²) in [5.41, 5.74) is 0. The first-order valence-corrected chi connectivity index (χ1v) is 6.18. The molecule has 0 aliphatic carbocycles. The Labute approximate surface area is 119 Å². The summed E-state index contributed by atoms with van der Waals surface area (Å²) < 4.78 is 4.86. The second kappa shape index (κ2) is 6.64. The minimum atomic E-state index is -2.78. The summed E-state index contributed by atoms with van der Waals surface area (Å²) in [6.45, 7) is 0.256. The molecule has 1 unspecified atom stereocenters. The largest absolute Gasteiger partial charge is 0.477 e. The van der Waals surface area contributed by atoms with E-state index in [1.54, 1.807) is 0 Å². The van der Waals surface area contributed by atoms with Gasteiger partial charge in [-0.15, -0.1) is 0 Å². The van der Waals surface area contributed by atoms with Crippen molar-refractivity contribution >= 4 is 11.9 Å². The van der Waals surface area contributed by atoms with Crippen molar-refractivity contribution in [1.29, 1.82) is 0 Å². The lowest BCUT2D eigenvalue weighted by atomic mass is 9.88. The maximum Gasteiger partial charge on any atom is 0.364 e. The van der Waals surface area contributed by atoms with Crippen LogP contribution >= 0.6 is 0 Å². The van der Waals surface area contributed by atoms with Crippen molar-refractivity contribution in [3.8, 4) is 0 Å². The van der Waals surface area contributed by atoms with Crippen molar-refractivity contribution in [1.82, 2.24) is 5.32 Å². The molecule has 0 aromatic carbocycles. The molecule has 0 spiro atoms. The summed E-state index contributed by atoms with van der Waals surface area (Å²) in [6, 6.07) is -1.27. The van der Waals surface area contributed by atoms with E-state index in [0.717, 1.165) is 6.92 Å². The lowest BCUT2D eigenvalue weighted by Gasteiger charge is -2.44. The third-order valence-corrected chi connectivity index (χ3v) is 3.21. The van der Waals surface area contributed by atoms with Crippen molar-refractivity contribution in [2.45, 2.75) is 49.6 Å². The van der Waals surface area contributed by atoms with Gasteiger partial charge in [0.2, 0.25) is 5.91 Å². The lowest BCUT2D eigenvalue weighted by Crippen LogP contribution is -2.67. The van der Waals surface area contributed by atoms with Crippen molar-refractivity contribution in [3.05, 3.63) is 0 Å². The van der Waals surface area contributed by atoms with Gasteiger partial charge in [-0.2, -0.15) is 0 Å². The Kier molecular flexibility index (Phi) is 5.61. The molecule has 1 aliphatic rings. The normalized spacial score (nSPS) is 35.8. The molecule has 1 heterocycles. The fraction of sp³-hybridized carbons (Fsp3) is 0.818. The molecular weight excluding hydrogens is 290 g/mol. The molecule has 0 bridgehead atoms. The summed E-state index contributed by atoms with van der Waals surface area (Å²) in [4.78, 5) is 22.1. The first-order chi connectivity index (χ1) is 9.62. The molecular formula is C11H19NO9. The monoisotopic (exact) mass is 309 g/mol. The number of nitrogens with one attached hydrogen (secondary N) is 1. The predicted molar refractivity (Wildman–Crippen MR) is 64.8 cm³/mol. The number of carboxylic acid groups (broad SMARTS) is 1. The number of hydrogen-bond donors (Lipinski definition) is 7. The molecule has 1 rings (SSSR count). The third-order valence-electron chi connectivity index (χ3n) is 3.21. The van der Waals surface area contributed by atoms with Gasteiger partial charge in [-0.05, 0) is 0 Å². The number of amides is 1. The maximum absolute atomic E-state index is 11.1. The van der Waals surface area contributed by atoms with Crippen LogP contribution in [0.5, 0.6) is 0 Å². The van der Waals surface area contributed by atoms with Gasteiger partial charge in [-0.25, -0.2) is 4.79 Å². The van der Waals surface area contributed by atoms with Gasteiger partial charge in [-0.1, -0.05) is 0 Å². The SMILES string of the molecule is CC(=O)N[C@H]1[C@H]([C@H](O)C(O)CO)O[C@@](O)(C(=O)O)C[C@@H]1O. The number of rotatable bonds is 5. The van der Waals surface area contributed by atoms with Crippen LogP contribution in [0.3, 0.4) is 0 Å². The molecule has 1 saturated heterocycles. The summed E-state index contributed by atoms with van der Waals surface area (Å²) in [7, 11) is 0. The van der Waals surface area contributed by atoms with Crippen LogP contribution in [0.15, 0.2) is 0 Å². The van der Waals surface area contributed by atoms with E-state index in [1.807, 2.05) is 0 Å². The molecule has 1 fully saturated rings. The summed E-state index contributed by atoms with van der Waals surface area (Å²) in [5.74, 6) is -5.17. The standard InChI is InChI=1S/C11H19NO9/c1-4(14)12-7-5(15)2-11(20,10(18)19)21-9(7)8(17)6(16)3-13/h5-9,13,15-17,20H,2-3H2,1H3,(H,12,14)(H,18,19)/t5-,6?,7+,8+,9+,11+/m0/s1. The minimum Gasteiger partial charge on any atom is -0.477 e. The molecule has 1 aliphatic heterocycles. The van der Waals surface area contributed by atoms with E-state index in [9.17, 15) is 30.0 Å². The molecule has 0 aromatic rings. The smallest absolute Gasteiger partial charge is 0.364 e. The van der Waals surface area contributed by atoms with Gasteiger partial charge < -0.3 is 40.7 Å². The van der Waals surface area contributed by atoms with Gasteiger partial charge in [0, 0.05) is 13.3 Å². The number of aliphatic carboxylic acids is 1. The Balaban J connectivity index is 3.07. The van der Waals surface area contributed by atoms with Crippen LogP contribution < -0.4 is 5.32 Å². The summed E-state index contributed by atoms with van der Waals surface area (Å²) >= 11 is 0. The zero-order chi connectivity index (χ0) is 16.4. The Hall–Kier alpha value is -1.30. The molecule has 6 atom stereocenters. The highest BCUT2D eigenvalue weighted by atomic mass is 16.7. The van der Waals surface area contributed by atoms with Crippen molar-refractivity contribution in [3.63, 3.8) is 0 Å². The zero-order valence-corrected chi connectivity index (χ0v) is 11.2. The number of carbonyl (C=O) groups is 2. The molecule has 21 heavy (non-hydrogen) atoms. The van der Waals surface area contributed by atoms with Gasteiger partial charge in [0.15, 0.2) is 0 Å². The minimum absolute atomic E-state index is 0.598. The van der Waals surface area contributed by atoms with Gasteiger partial charge in [-0.3, -0.25) is 4.79 Å². The number of hydrogen-bond acceptors (Lipinski definition) is 8. The first-order valence-electron chi connectivity index (χ1n) is 6.18. The van der Waals surface area contributed by atoms with Gasteiger partial charge in [0.25, 0.3) is 5.79 Å². The molecule has 1 amide bonds. The topological polar surface area (TPSA) is 177 Å². The number of carbonyl (C=O) groups excluding carboxylic acids is 1. The Morgan fingerprint density at radius 3 is 2.43 bits per heavy atom. The van der Waals surface area contributed by atoms with Crippen molar-refractivity contribution in [2.75, 3.05) is 6.61 Å². The van der Waals surface area contributed by atoms with E-state index in [4.69, 9.17) is 14.9 Å². The van der Waals surface area contributed by atoms with Crippen LogP contribution in [0.2, 0.25) is 0 Å². The van der Waals surface area contributed by atoms with E-state index >= 15 is 0 Å². The van der Waals surface area contributed by atoms with Gasteiger partial charge >= 0.3 is 5.97 Å². The second-order valence-corrected chi connectivity index (χ2v) is 4.91. The summed E-state index contributed by atoms with van der Waals surface area (Å²) in [6.07, 6.45) is -7.48. The molecule has 0 radical (unpaired) electrons. The van der Waals surface area contributed by atoms with Crippen LogP contribution in [0.4, 0.5) is 0 Å². The molecule has 10 heteroatoms.